The van der Waals surface area contributed by atoms with Gasteiger partial charge in [-0.15, -0.1) is 0 Å². The summed E-state index contributed by atoms with van der Waals surface area (Å²) in [4.78, 5) is 11.5. The lowest BCUT2D eigenvalue weighted by atomic mass is 9.85. The van der Waals surface area contributed by atoms with Crippen molar-refractivity contribution in [2.45, 2.75) is 58.2 Å². The Balaban J connectivity index is 2.46. The van der Waals surface area contributed by atoms with Gasteiger partial charge in [0.2, 0.25) is 0 Å². The fourth-order valence-electron chi connectivity index (χ4n) is 2.36. The van der Waals surface area contributed by atoms with Crippen LogP contribution in [0.3, 0.4) is 0 Å². The molecule has 0 saturated heterocycles. The van der Waals surface area contributed by atoms with Crippen LogP contribution in [-0.4, -0.2) is 29.6 Å². The van der Waals surface area contributed by atoms with Gasteiger partial charge in [0.25, 0.3) is 0 Å². The molecule has 2 unspecified atom stereocenters. The predicted molar refractivity (Wildman–Crippen MR) is 82.2 cm³/mol. The number of nitrogens with two attached hydrogens (primary N) is 1. The molecule has 1 fully saturated rings. The first-order valence-electron chi connectivity index (χ1n) is 7.14. The second-order valence-electron chi connectivity index (χ2n) is 5.55. The molecule has 19 heavy (non-hydrogen) atoms. The van der Waals surface area contributed by atoms with Gasteiger partial charge < -0.3 is 10.5 Å². The maximum Gasteiger partial charge on any atom is 0.323 e. The predicted octanol–water partition coefficient (Wildman–Crippen LogP) is 3.14. The summed E-state index contributed by atoms with van der Waals surface area (Å²) < 4.78 is 4.94. The van der Waals surface area contributed by atoms with E-state index in [-0.39, 0.29) is 5.97 Å². The molecule has 4 heteroatoms. The van der Waals surface area contributed by atoms with Crippen LogP contribution < -0.4 is 5.73 Å². The Kier molecular flexibility index (Phi) is 6.94. The van der Waals surface area contributed by atoms with E-state index in [4.69, 9.17) is 10.5 Å². The lowest BCUT2D eigenvalue weighted by molar-refractivity contribution is -0.144. The van der Waals surface area contributed by atoms with E-state index < -0.39 is 6.04 Å². The highest BCUT2D eigenvalue weighted by Gasteiger charge is 2.26. The molecule has 0 heterocycles. The molecule has 3 atom stereocenters. The molecule has 0 radical (unpaired) electrons. The number of rotatable bonds is 5. The van der Waals surface area contributed by atoms with E-state index in [1.807, 2.05) is 18.7 Å². The molecule has 2 N–H and O–H groups in total. The average molecular weight is 285 g/mol. The van der Waals surface area contributed by atoms with Crippen LogP contribution in [0.5, 0.6) is 0 Å². The maximum atomic E-state index is 11.5. The molecule has 0 aliphatic heterocycles. The number of esters is 1. The van der Waals surface area contributed by atoms with E-state index in [2.05, 4.69) is 20.8 Å². The summed E-state index contributed by atoms with van der Waals surface area (Å²) in [5, 5.41) is 0.583. The van der Waals surface area contributed by atoms with Crippen molar-refractivity contribution in [1.29, 1.82) is 0 Å². The standard InChI is InChI=1S/C15H27NO2S/c1-5-18-15(17)13(16)9-19-14-8-12(10(2)3)7-6-11(14)4/h11,13-14H,5-9,16H2,1-4H3/t11?,13-,14?/m0/s1. The first-order chi connectivity index (χ1) is 8.95. The van der Waals surface area contributed by atoms with E-state index in [1.165, 1.54) is 18.4 Å². The molecular weight excluding hydrogens is 258 g/mol. The van der Waals surface area contributed by atoms with E-state index >= 15 is 0 Å². The summed E-state index contributed by atoms with van der Waals surface area (Å²) in [6.07, 6.45) is 3.61. The van der Waals surface area contributed by atoms with E-state index in [9.17, 15) is 4.79 Å². The summed E-state index contributed by atoms with van der Waals surface area (Å²) in [5.41, 5.74) is 8.89. The molecule has 1 rings (SSSR count). The Hall–Kier alpha value is -0.480. The summed E-state index contributed by atoms with van der Waals surface area (Å²) in [6, 6.07) is -0.491. The van der Waals surface area contributed by atoms with Gasteiger partial charge in [0.15, 0.2) is 0 Å². The van der Waals surface area contributed by atoms with Crippen molar-refractivity contribution >= 4 is 17.7 Å². The Morgan fingerprint density at radius 1 is 1.53 bits per heavy atom. The SMILES string of the molecule is CCOC(=O)[C@@H](N)CSC1CC(=C(C)C)CCC1C. The van der Waals surface area contributed by atoms with Gasteiger partial charge >= 0.3 is 5.97 Å². The molecule has 0 spiro atoms. The summed E-state index contributed by atoms with van der Waals surface area (Å²) in [5.74, 6) is 1.08. The van der Waals surface area contributed by atoms with Gasteiger partial charge in [0, 0.05) is 11.0 Å². The molecule has 1 aliphatic carbocycles. The largest absolute Gasteiger partial charge is 0.465 e. The monoisotopic (exact) mass is 285 g/mol. The molecule has 0 aromatic carbocycles. The molecule has 0 bridgehead atoms. The number of allylic oxidation sites excluding steroid dienone is 2. The molecule has 1 aliphatic rings. The van der Waals surface area contributed by atoms with Crippen LogP contribution in [0.2, 0.25) is 0 Å². The highest BCUT2D eigenvalue weighted by Crippen LogP contribution is 2.37. The average Bonchev–Trinajstić information content (AvgIpc) is 2.37. The van der Waals surface area contributed by atoms with Gasteiger partial charge in [0.05, 0.1) is 6.61 Å². The first-order valence-corrected chi connectivity index (χ1v) is 8.19. The Bertz CT molecular complexity index is 337. The molecular formula is C15H27NO2S. The fourth-order valence-corrected chi connectivity index (χ4v) is 3.73. The van der Waals surface area contributed by atoms with E-state index in [0.717, 1.165) is 6.42 Å². The van der Waals surface area contributed by atoms with Crippen LogP contribution >= 0.6 is 11.8 Å². The van der Waals surface area contributed by atoms with Gasteiger partial charge in [-0.05, 0) is 46.0 Å². The Morgan fingerprint density at radius 3 is 2.79 bits per heavy atom. The molecule has 3 nitrogen and oxygen atoms in total. The zero-order chi connectivity index (χ0) is 14.4. The summed E-state index contributed by atoms with van der Waals surface area (Å²) >= 11 is 1.83. The maximum absolute atomic E-state index is 11.5. The van der Waals surface area contributed by atoms with Crippen LogP contribution in [0.4, 0.5) is 0 Å². The Morgan fingerprint density at radius 2 is 2.21 bits per heavy atom. The second-order valence-corrected chi connectivity index (χ2v) is 6.83. The topological polar surface area (TPSA) is 52.3 Å². The number of carbonyl (C=O) groups is 1. The Labute approximate surface area is 121 Å². The van der Waals surface area contributed by atoms with Crippen molar-refractivity contribution < 1.29 is 9.53 Å². The quantitative estimate of drug-likeness (QED) is 0.623. The summed E-state index contributed by atoms with van der Waals surface area (Å²) in [7, 11) is 0. The van der Waals surface area contributed by atoms with Crippen molar-refractivity contribution in [2.75, 3.05) is 12.4 Å². The second kappa shape index (κ2) is 7.95. The van der Waals surface area contributed by atoms with Gasteiger partial charge in [0.1, 0.15) is 6.04 Å². The number of hydrogen-bond donors (Lipinski definition) is 1. The fraction of sp³-hybridized carbons (Fsp3) is 0.800. The minimum Gasteiger partial charge on any atom is -0.465 e. The van der Waals surface area contributed by atoms with E-state index in [1.54, 1.807) is 5.57 Å². The number of carbonyl (C=O) groups excluding carboxylic acids is 1. The normalized spacial score (nSPS) is 25.0. The van der Waals surface area contributed by atoms with Crippen molar-refractivity contribution in [2.24, 2.45) is 11.7 Å². The van der Waals surface area contributed by atoms with Crippen LogP contribution in [0.1, 0.15) is 47.0 Å². The van der Waals surface area contributed by atoms with Crippen molar-refractivity contribution in [3.63, 3.8) is 0 Å². The van der Waals surface area contributed by atoms with Crippen LogP contribution in [0.25, 0.3) is 0 Å². The number of hydrogen-bond acceptors (Lipinski definition) is 4. The third kappa shape index (κ3) is 5.19. The molecule has 0 amide bonds. The molecule has 1 saturated carbocycles. The van der Waals surface area contributed by atoms with Gasteiger partial charge in [-0.1, -0.05) is 18.1 Å². The number of thioether (sulfide) groups is 1. The summed E-state index contributed by atoms with van der Waals surface area (Å²) in [6.45, 7) is 8.89. The third-order valence-corrected chi connectivity index (χ3v) is 5.38. The smallest absolute Gasteiger partial charge is 0.323 e. The molecule has 110 valence electrons. The van der Waals surface area contributed by atoms with Crippen LogP contribution in [-0.2, 0) is 9.53 Å². The van der Waals surface area contributed by atoms with Crippen molar-refractivity contribution in [3.05, 3.63) is 11.1 Å². The molecule has 0 aromatic heterocycles. The lowest BCUT2D eigenvalue weighted by Gasteiger charge is -2.31. The van der Waals surface area contributed by atoms with Crippen LogP contribution in [0.15, 0.2) is 11.1 Å². The van der Waals surface area contributed by atoms with E-state index in [0.29, 0.717) is 23.5 Å². The first kappa shape index (κ1) is 16.6. The zero-order valence-electron chi connectivity index (χ0n) is 12.6. The van der Waals surface area contributed by atoms with Crippen LogP contribution in [0, 0.1) is 5.92 Å². The number of ether oxygens (including phenoxy) is 1. The third-order valence-electron chi connectivity index (χ3n) is 3.77. The van der Waals surface area contributed by atoms with Gasteiger partial charge in [-0.3, -0.25) is 4.79 Å². The van der Waals surface area contributed by atoms with Crippen molar-refractivity contribution in [3.8, 4) is 0 Å². The molecule has 0 aromatic rings. The zero-order valence-corrected chi connectivity index (χ0v) is 13.4. The highest BCUT2D eigenvalue weighted by atomic mass is 32.2. The van der Waals surface area contributed by atoms with Gasteiger partial charge in [-0.2, -0.15) is 11.8 Å². The lowest BCUT2D eigenvalue weighted by Crippen LogP contribution is -2.36. The highest BCUT2D eigenvalue weighted by molar-refractivity contribution is 8.00. The van der Waals surface area contributed by atoms with Gasteiger partial charge in [-0.25, -0.2) is 0 Å². The minimum atomic E-state index is -0.491. The van der Waals surface area contributed by atoms with Crippen molar-refractivity contribution in [1.82, 2.24) is 0 Å². The minimum absolute atomic E-state index is 0.277.